The standard InChI is InChI=1S/C55H37N3O/c1-34-27-30-46(36-16-3-2-4-17-36)56-55(57-52(34)40-29-28-35-15-5-6-18-37(35)31-40)51-42-22-9-10-23-43(42)53(54-50(51)44-24-12-14-26-49(44)59-54)58-47-25-13-11-21-41(47)45-32-38-19-7-8-20-39(38)33-48(45)58/h2-26,28-34H,27H2,1H3/b46-30+,56-55-,57-52+. The first kappa shape index (κ1) is 33.6. The van der Waals surface area contributed by atoms with Gasteiger partial charge in [-0.05, 0) is 74.8 Å². The van der Waals surface area contributed by atoms with Crippen LogP contribution in [0.5, 0.6) is 0 Å². The number of nitrogens with zero attached hydrogens (tertiary/aromatic N) is 3. The fourth-order valence-corrected chi connectivity index (χ4v) is 9.39. The van der Waals surface area contributed by atoms with Crippen molar-refractivity contribution in [1.82, 2.24) is 4.57 Å². The summed E-state index contributed by atoms with van der Waals surface area (Å²) in [5, 5.41) is 11.4. The summed E-state index contributed by atoms with van der Waals surface area (Å²) >= 11 is 0. The highest BCUT2D eigenvalue weighted by atomic mass is 16.3. The number of rotatable bonds is 4. The number of fused-ring (bicyclic) bond motifs is 9. The monoisotopic (exact) mass is 755 g/mol. The van der Waals surface area contributed by atoms with Crippen LogP contribution in [0.15, 0.2) is 202 Å². The Kier molecular flexibility index (Phi) is 7.54. The van der Waals surface area contributed by atoms with Gasteiger partial charge in [0.1, 0.15) is 5.58 Å². The molecule has 0 N–H and O–H groups in total. The van der Waals surface area contributed by atoms with Crippen LogP contribution in [-0.2, 0) is 0 Å². The third-order valence-corrected chi connectivity index (χ3v) is 12.2. The minimum absolute atomic E-state index is 0.120. The third kappa shape index (κ3) is 5.30. The first-order valence-corrected chi connectivity index (χ1v) is 20.4. The number of furan rings is 1. The van der Waals surface area contributed by atoms with Crippen LogP contribution in [-0.4, -0.2) is 16.1 Å². The van der Waals surface area contributed by atoms with Gasteiger partial charge in [0.25, 0.3) is 0 Å². The normalized spacial score (nSPS) is 17.6. The summed E-state index contributed by atoms with van der Waals surface area (Å²) in [7, 11) is 0. The smallest absolute Gasteiger partial charge is 0.161 e. The molecule has 1 aliphatic rings. The van der Waals surface area contributed by atoms with Crippen LogP contribution in [0.1, 0.15) is 30.0 Å². The summed E-state index contributed by atoms with van der Waals surface area (Å²) in [5.74, 6) is 0.789. The van der Waals surface area contributed by atoms with Crippen molar-refractivity contribution in [1.29, 1.82) is 0 Å². The second-order valence-electron chi connectivity index (χ2n) is 15.7. The van der Waals surface area contributed by atoms with E-state index in [9.17, 15) is 0 Å². The summed E-state index contributed by atoms with van der Waals surface area (Å²) in [6.07, 6.45) is 3.10. The van der Waals surface area contributed by atoms with Gasteiger partial charge in [-0.2, -0.15) is 0 Å². The number of para-hydroxylation sites is 2. The minimum atomic E-state index is 0.120. The average molecular weight is 756 g/mol. The quantitative estimate of drug-likeness (QED) is 0.176. The highest BCUT2D eigenvalue weighted by molar-refractivity contribution is 6.31. The van der Waals surface area contributed by atoms with E-state index in [4.69, 9.17) is 14.4 Å². The average Bonchev–Trinajstić information content (AvgIpc) is 3.82. The molecule has 11 aromatic rings. The predicted octanol–water partition coefficient (Wildman–Crippen LogP) is 14.5. The summed E-state index contributed by atoms with van der Waals surface area (Å²) in [5.41, 5.74) is 9.95. The van der Waals surface area contributed by atoms with E-state index < -0.39 is 0 Å². The van der Waals surface area contributed by atoms with E-state index in [-0.39, 0.29) is 5.92 Å². The van der Waals surface area contributed by atoms with Crippen molar-refractivity contribution >= 4 is 93.3 Å². The SMILES string of the molecule is CC1C/C=C(c2ccccc2)/N=C(c2c3ccccc3c(-n3c4ccccc4c4cc5ccccc5cc43)c3oc4ccccc4c23)\N=C/1c1ccc2ccccc2c1. The van der Waals surface area contributed by atoms with E-state index in [2.05, 4.69) is 200 Å². The second kappa shape index (κ2) is 13.3. The van der Waals surface area contributed by atoms with Crippen molar-refractivity contribution in [2.24, 2.45) is 15.9 Å². The van der Waals surface area contributed by atoms with Gasteiger partial charge >= 0.3 is 0 Å². The van der Waals surface area contributed by atoms with Crippen molar-refractivity contribution in [3.05, 3.63) is 205 Å². The zero-order valence-corrected chi connectivity index (χ0v) is 32.4. The molecule has 1 aliphatic heterocycles. The molecule has 0 spiro atoms. The third-order valence-electron chi connectivity index (χ3n) is 12.2. The Morgan fingerprint density at radius 2 is 1.15 bits per heavy atom. The molecule has 3 heterocycles. The Bertz CT molecular complexity index is 3600. The molecular formula is C55H37N3O. The molecule has 12 rings (SSSR count). The molecule has 4 nitrogen and oxygen atoms in total. The molecule has 0 saturated carbocycles. The van der Waals surface area contributed by atoms with Crippen molar-refractivity contribution in [2.75, 3.05) is 0 Å². The van der Waals surface area contributed by atoms with Gasteiger partial charge in [-0.25, -0.2) is 9.98 Å². The highest BCUT2D eigenvalue weighted by Crippen LogP contribution is 2.45. The van der Waals surface area contributed by atoms with E-state index >= 15 is 0 Å². The molecule has 0 aliphatic carbocycles. The molecule has 1 unspecified atom stereocenters. The van der Waals surface area contributed by atoms with Crippen LogP contribution in [0.25, 0.3) is 87.4 Å². The van der Waals surface area contributed by atoms with E-state index in [0.717, 1.165) is 84.0 Å². The van der Waals surface area contributed by atoms with E-state index in [1.165, 1.54) is 32.3 Å². The van der Waals surface area contributed by atoms with Gasteiger partial charge in [0.05, 0.1) is 28.1 Å². The molecule has 0 radical (unpaired) electrons. The summed E-state index contributed by atoms with van der Waals surface area (Å²) < 4.78 is 9.57. The van der Waals surface area contributed by atoms with Crippen LogP contribution < -0.4 is 0 Å². The molecule has 1 atom stereocenters. The largest absolute Gasteiger partial charge is 0.454 e. The van der Waals surface area contributed by atoms with Crippen molar-refractivity contribution in [3.8, 4) is 5.69 Å². The molecule has 0 amide bonds. The van der Waals surface area contributed by atoms with Gasteiger partial charge in [0.2, 0.25) is 0 Å². The van der Waals surface area contributed by atoms with Gasteiger partial charge in [-0.3, -0.25) is 0 Å². The van der Waals surface area contributed by atoms with Gasteiger partial charge in [0, 0.05) is 38.4 Å². The Hall–Kier alpha value is -7.56. The van der Waals surface area contributed by atoms with Gasteiger partial charge in [0.15, 0.2) is 11.4 Å². The Labute approximate surface area is 340 Å². The number of allylic oxidation sites excluding steroid dienone is 1. The van der Waals surface area contributed by atoms with E-state index in [0.29, 0.717) is 5.84 Å². The molecule has 2 aromatic heterocycles. The second-order valence-corrected chi connectivity index (χ2v) is 15.7. The van der Waals surface area contributed by atoms with Crippen LogP contribution >= 0.6 is 0 Å². The lowest BCUT2D eigenvalue weighted by Gasteiger charge is -2.21. The predicted molar refractivity (Wildman–Crippen MR) is 248 cm³/mol. The van der Waals surface area contributed by atoms with Gasteiger partial charge < -0.3 is 8.98 Å². The molecule has 4 heteroatoms. The Morgan fingerprint density at radius 1 is 0.508 bits per heavy atom. The lowest BCUT2D eigenvalue weighted by molar-refractivity contribution is 0.667. The lowest BCUT2D eigenvalue weighted by atomic mass is 9.91. The van der Waals surface area contributed by atoms with Gasteiger partial charge in [-0.1, -0.05) is 165 Å². The molecule has 9 aromatic carbocycles. The summed E-state index contributed by atoms with van der Waals surface area (Å²) in [4.78, 5) is 11.3. The number of hydrogen-bond acceptors (Lipinski definition) is 3. The minimum Gasteiger partial charge on any atom is -0.454 e. The molecule has 59 heavy (non-hydrogen) atoms. The first-order chi connectivity index (χ1) is 29.2. The van der Waals surface area contributed by atoms with E-state index in [1.54, 1.807) is 0 Å². The topological polar surface area (TPSA) is 42.8 Å². The van der Waals surface area contributed by atoms with Crippen LogP contribution in [0.4, 0.5) is 0 Å². The number of aromatic nitrogens is 1. The molecule has 0 fully saturated rings. The van der Waals surface area contributed by atoms with Gasteiger partial charge in [-0.15, -0.1) is 0 Å². The Balaban J connectivity index is 1.23. The first-order valence-electron chi connectivity index (χ1n) is 20.4. The van der Waals surface area contributed by atoms with Crippen molar-refractivity contribution < 1.29 is 4.42 Å². The van der Waals surface area contributed by atoms with Crippen LogP contribution in [0, 0.1) is 5.92 Å². The maximum atomic E-state index is 7.14. The molecule has 278 valence electrons. The fraction of sp³-hybridized carbons (Fsp3) is 0.0545. The maximum Gasteiger partial charge on any atom is 0.161 e. The summed E-state index contributed by atoms with van der Waals surface area (Å²) in [6.45, 7) is 2.28. The number of amidine groups is 1. The number of hydrogen-bond donors (Lipinski definition) is 0. The number of benzene rings is 9. The molecule has 0 saturated heterocycles. The van der Waals surface area contributed by atoms with E-state index in [1.807, 2.05) is 0 Å². The highest BCUT2D eigenvalue weighted by Gasteiger charge is 2.28. The molecule has 0 bridgehead atoms. The zero-order valence-electron chi connectivity index (χ0n) is 32.4. The van der Waals surface area contributed by atoms with Crippen LogP contribution in [0.2, 0.25) is 0 Å². The zero-order chi connectivity index (χ0) is 39.0. The molecular weight excluding hydrogens is 719 g/mol. The van der Waals surface area contributed by atoms with Crippen LogP contribution in [0.3, 0.4) is 0 Å². The number of aliphatic imine (C=N–C) groups is 2. The summed E-state index contributed by atoms with van der Waals surface area (Å²) in [6, 6.07) is 64.9. The lowest BCUT2D eigenvalue weighted by Crippen LogP contribution is -2.17. The Morgan fingerprint density at radius 3 is 1.97 bits per heavy atom. The van der Waals surface area contributed by atoms with Crippen molar-refractivity contribution in [3.63, 3.8) is 0 Å². The fourth-order valence-electron chi connectivity index (χ4n) is 9.39. The van der Waals surface area contributed by atoms with Crippen molar-refractivity contribution in [2.45, 2.75) is 13.3 Å². The maximum absolute atomic E-state index is 7.14.